The number of carbonyl (C=O) groups is 2. The van der Waals surface area contributed by atoms with E-state index in [1.807, 2.05) is 55.5 Å². The molecule has 0 radical (unpaired) electrons. The molecule has 0 aliphatic carbocycles. The van der Waals surface area contributed by atoms with Gasteiger partial charge in [0.1, 0.15) is 11.5 Å². The molecule has 3 aromatic carbocycles. The molecule has 0 amide bonds. The lowest BCUT2D eigenvalue weighted by atomic mass is 10.00. The Balaban J connectivity index is 1.40. The third kappa shape index (κ3) is 4.89. The van der Waals surface area contributed by atoms with Gasteiger partial charge in [-0.15, -0.1) is 11.8 Å². The number of Topliss-reactive ketones (excluding diaryl/α,β-unsaturated/α-hetero) is 2. The zero-order chi connectivity index (χ0) is 21.8. The van der Waals surface area contributed by atoms with E-state index in [9.17, 15) is 9.59 Å². The third-order valence-corrected chi connectivity index (χ3v) is 6.18. The summed E-state index contributed by atoms with van der Waals surface area (Å²) >= 11 is 1.68. The first-order chi connectivity index (χ1) is 15.0. The smallest absolute Gasteiger partial charge is 0.200 e. The van der Waals surface area contributed by atoms with Gasteiger partial charge in [-0.25, -0.2) is 0 Å². The maximum atomic E-state index is 12.8. The van der Waals surface area contributed by atoms with Crippen molar-refractivity contribution in [2.24, 2.45) is 0 Å². The van der Waals surface area contributed by atoms with Crippen LogP contribution >= 0.6 is 11.8 Å². The van der Waals surface area contributed by atoms with Gasteiger partial charge in [-0.05, 0) is 67.1 Å². The molecule has 0 saturated heterocycles. The Morgan fingerprint density at radius 3 is 2.42 bits per heavy atom. The first-order valence-corrected chi connectivity index (χ1v) is 10.9. The Morgan fingerprint density at radius 1 is 1.00 bits per heavy atom. The molecule has 0 bridgehead atoms. The van der Waals surface area contributed by atoms with Crippen molar-refractivity contribution in [2.75, 3.05) is 19.5 Å². The van der Waals surface area contributed by atoms with Crippen molar-refractivity contribution >= 4 is 29.4 Å². The van der Waals surface area contributed by atoms with E-state index < -0.39 is 0 Å². The number of fused-ring (bicyclic) bond motifs is 1. The highest BCUT2D eigenvalue weighted by atomic mass is 32.2. The van der Waals surface area contributed by atoms with Gasteiger partial charge in [0, 0.05) is 27.3 Å². The molecule has 4 nitrogen and oxygen atoms in total. The van der Waals surface area contributed by atoms with Crippen LogP contribution in [0.5, 0.6) is 11.5 Å². The maximum absolute atomic E-state index is 12.8. The fraction of sp³-hybridized carbons (Fsp3) is 0.154. The molecule has 156 valence electrons. The molecule has 0 saturated carbocycles. The SMILES string of the molecule is COc1ccc(C(=O)COc2ccc(/C=C3\CSc4ccc(C)cc4C3=O)cc2)cc1. The Bertz CT molecular complexity index is 1150. The van der Waals surface area contributed by atoms with E-state index in [1.165, 1.54) is 0 Å². The van der Waals surface area contributed by atoms with E-state index in [4.69, 9.17) is 9.47 Å². The molecule has 0 aromatic heterocycles. The Labute approximate surface area is 185 Å². The van der Waals surface area contributed by atoms with Crippen molar-refractivity contribution in [1.29, 1.82) is 0 Å². The monoisotopic (exact) mass is 430 g/mol. The van der Waals surface area contributed by atoms with Gasteiger partial charge in [0.05, 0.1) is 7.11 Å². The molecular weight excluding hydrogens is 408 g/mol. The van der Waals surface area contributed by atoms with E-state index >= 15 is 0 Å². The number of ketones is 2. The summed E-state index contributed by atoms with van der Waals surface area (Å²) in [6.45, 7) is 1.95. The number of thioether (sulfide) groups is 1. The Morgan fingerprint density at radius 2 is 1.71 bits per heavy atom. The quantitative estimate of drug-likeness (QED) is 0.374. The number of benzene rings is 3. The van der Waals surface area contributed by atoms with Crippen LogP contribution in [0.15, 0.2) is 77.2 Å². The molecule has 0 spiro atoms. The highest BCUT2D eigenvalue weighted by Crippen LogP contribution is 2.34. The molecule has 31 heavy (non-hydrogen) atoms. The van der Waals surface area contributed by atoms with Crippen LogP contribution in [0.1, 0.15) is 31.8 Å². The normalized spacial score (nSPS) is 14.3. The molecule has 1 aliphatic heterocycles. The summed E-state index contributed by atoms with van der Waals surface area (Å²) in [7, 11) is 1.59. The highest BCUT2D eigenvalue weighted by molar-refractivity contribution is 7.99. The number of methoxy groups -OCH3 is 1. The van der Waals surface area contributed by atoms with E-state index in [0.717, 1.165) is 27.2 Å². The summed E-state index contributed by atoms with van der Waals surface area (Å²) in [5, 5.41) is 0. The second-order valence-corrected chi connectivity index (χ2v) is 8.31. The topological polar surface area (TPSA) is 52.6 Å². The largest absolute Gasteiger partial charge is 0.497 e. The van der Waals surface area contributed by atoms with Crippen molar-refractivity contribution in [1.82, 2.24) is 0 Å². The molecule has 0 N–H and O–H groups in total. The molecule has 3 aromatic rings. The third-order valence-electron chi connectivity index (χ3n) is 5.06. The van der Waals surface area contributed by atoms with Gasteiger partial charge >= 0.3 is 0 Å². The molecule has 0 unspecified atom stereocenters. The molecule has 1 heterocycles. The fourth-order valence-corrected chi connectivity index (χ4v) is 4.32. The average Bonchev–Trinajstić information content (AvgIpc) is 2.80. The Hall–Kier alpha value is -3.31. The van der Waals surface area contributed by atoms with E-state index in [0.29, 0.717) is 22.8 Å². The zero-order valence-corrected chi connectivity index (χ0v) is 18.2. The summed E-state index contributed by atoms with van der Waals surface area (Å²) in [6.07, 6.45) is 1.92. The van der Waals surface area contributed by atoms with Gasteiger partial charge in [0.2, 0.25) is 0 Å². The minimum atomic E-state index is -0.104. The van der Waals surface area contributed by atoms with Crippen molar-refractivity contribution in [3.05, 3.63) is 94.6 Å². The van der Waals surface area contributed by atoms with Crippen LogP contribution < -0.4 is 9.47 Å². The Kier molecular flexibility index (Phi) is 6.23. The fourth-order valence-electron chi connectivity index (χ4n) is 3.32. The number of rotatable bonds is 6. The second kappa shape index (κ2) is 9.23. The van der Waals surface area contributed by atoms with Crippen LogP contribution in [0, 0.1) is 6.92 Å². The van der Waals surface area contributed by atoms with Gasteiger partial charge < -0.3 is 9.47 Å². The minimum absolute atomic E-state index is 0.0436. The van der Waals surface area contributed by atoms with Gasteiger partial charge in [-0.1, -0.05) is 23.8 Å². The standard InChI is InChI=1S/C26H22O4S/c1-17-3-12-25-23(13-17)26(28)20(16-31-25)14-18-4-8-22(9-5-18)30-15-24(27)19-6-10-21(29-2)11-7-19/h3-14H,15-16H2,1-2H3/b20-14+. The molecule has 1 aliphatic rings. The molecule has 5 heteroatoms. The lowest BCUT2D eigenvalue weighted by molar-refractivity contribution is 0.0921. The molecule has 0 atom stereocenters. The van der Waals surface area contributed by atoms with Crippen molar-refractivity contribution in [3.8, 4) is 11.5 Å². The predicted molar refractivity (Wildman–Crippen MR) is 123 cm³/mol. The number of aryl methyl sites for hydroxylation is 1. The predicted octanol–water partition coefficient (Wildman–Crippen LogP) is 5.64. The lowest BCUT2D eigenvalue weighted by Crippen LogP contribution is -2.12. The number of hydrogen-bond acceptors (Lipinski definition) is 5. The molecular formula is C26H22O4S. The molecule has 0 fully saturated rings. The summed E-state index contributed by atoms with van der Waals surface area (Å²) in [5.41, 5.74) is 4.14. The first kappa shape index (κ1) is 20.9. The number of carbonyl (C=O) groups excluding carboxylic acids is 2. The van der Waals surface area contributed by atoms with E-state index in [1.54, 1.807) is 43.1 Å². The summed E-state index contributed by atoms with van der Waals surface area (Å²) in [6, 6.07) is 20.4. The highest BCUT2D eigenvalue weighted by Gasteiger charge is 2.22. The van der Waals surface area contributed by atoms with Crippen LogP contribution in [0.3, 0.4) is 0 Å². The maximum Gasteiger partial charge on any atom is 0.200 e. The van der Waals surface area contributed by atoms with E-state index in [-0.39, 0.29) is 18.2 Å². The van der Waals surface area contributed by atoms with Crippen molar-refractivity contribution in [3.63, 3.8) is 0 Å². The minimum Gasteiger partial charge on any atom is -0.497 e. The second-order valence-electron chi connectivity index (χ2n) is 7.30. The number of ether oxygens (including phenoxy) is 2. The summed E-state index contributed by atoms with van der Waals surface area (Å²) in [4.78, 5) is 26.2. The van der Waals surface area contributed by atoms with Crippen molar-refractivity contribution < 1.29 is 19.1 Å². The van der Waals surface area contributed by atoms with Crippen LogP contribution in [-0.2, 0) is 0 Å². The van der Waals surface area contributed by atoms with Crippen LogP contribution in [0.25, 0.3) is 6.08 Å². The number of hydrogen-bond donors (Lipinski definition) is 0. The van der Waals surface area contributed by atoms with Gasteiger partial charge in [-0.2, -0.15) is 0 Å². The van der Waals surface area contributed by atoms with Crippen molar-refractivity contribution in [2.45, 2.75) is 11.8 Å². The lowest BCUT2D eigenvalue weighted by Gasteiger charge is -2.17. The summed E-state index contributed by atoms with van der Waals surface area (Å²) in [5.74, 6) is 1.95. The van der Waals surface area contributed by atoms with Crippen LogP contribution in [0.4, 0.5) is 0 Å². The average molecular weight is 431 g/mol. The molecule has 4 rings (SSSR count). The van der Waals surface area contributed by atoms with Gasteiger partial charge in [-0.3, -0.25) is 9.59 Å². The van der Waals surface area contributed by atoms with Gasteiger partial charge in [0.15, 0.2) is 18.2 Å². The summed E-state index contributed by atoms with van der Waals surface area (Å²) < 4.78 is 10.7. The van der Waals surface area contributed by atoms with Crippen LogP contribution in [-0.4, -0.2) is 31.0 Å². The van der Waals surface area contributed by atoms with Crippen LogP contribution in [0.2, 0.25) is 0 Å². The first-order valence-electron chi connectivity index (χ1n) is 9.92. The zero-order valence-electron chi connectivity index (χ0n) is 17.4. The van der Waals surface area contributed by atoms with E-state index in [2.05, 4.69) is 0 Å². The van der Waals surface area contributed by atoms with Gasteiger partial charge in [0.25, 0.3) is 0 Å².